The van der Waals surface area contributed by atoms with Crippen LogP contribution in [0.3, 0.4) is 0 Å². The smallest absolute Gasteiger partial charge is 0.311 e. The van der Waals surface area contributed by atoms with Crippen molar-refractivity contribution in [3.05, 3.63) is 35.4 Å². The molecule has 0 bridgehead atoms. The van der Waals surface area contributed by atoms with Gasteiger partial charge in [-0.25, -0.2) is 0 Å². The molecule has 1 aliphatic carbocycles. The Labute approximate surface area is 129 Å². The van der Waals surface area contributed by atoms with E-state index in [9.17, 15) is 14.4 Å². The quantitative estimate of drug-likeness (QED) is 0.621. The Morgan fingerprint density at radius 2 is 1.64 bits per heavy atom. The van der Waals surface area contributed by atoms with Crippen LogP contribution in [0.5, 0.6) is 0 Å². The van der Waals surface area contributed by atoms with Crippen molar-refractivity contribution >= 4 is 17.8 Å². The Kier molecular flexibility index (Phi) is 3.51. The molecule has 0 aromatic heterocycles. The van der Waals surface area contributed by atoms with E-state index in [1.807, 2.05) is 6.92 Å². The number of hydrogen-bond donors (Lipinski definition) is 0. The van der Waals surface area contributed by atoms with Gasteiger partial charge in [0.2, 0.25) is 0 Å². The van der Waals surface area contributed by atoms with E-state index in [1.54, 1.807) is 24.3 Å². The average molecular weight is 301 g/mol. The van der Waals surface area contributed by atoms with Crippen molar-refractivity contribution in [2.45, 2.75) is 38.6 Å². The van der Waals surface area contributed by atoms with E-state index in [0.717, 1.165) is 0 Å². The molecule has 5 nitrogen and oxygen atoms in total. The summed E-state index contributed by atoms with van der Waals surface area (Å²) in [5, 5.41) is 0. The summed E-state index contributed by atoms with van der Waals surface area (Å²) >= 11 is 0. The first kappa shape index (κ1) is 14.8. The summed E-state index contributed by atoms with van der Waals surface area (Å²) in [4.78, 5) is 38.2. The van der Waals surface area contributed by atoms with Crippen LogP contribution >= 0.6 is 0 Å². The highest BCUT2D eigenvalue weighted by atomic mass is 16.5. The van der Waals surface area contributed by atoms with E-state index >= 15 is 0 Å². The van der Waals surface area contributed by atoms with Gasteiger partial charge in [-0.3, -0.25) is 19.3 Å². The zero-order chi connectivity index (χ0) is 15.9. The van der Waals surface area contributed by atoms with Crippen molar-refractivity contribution in [2.75, 3.05) is 7.11 Å². The van der Waals surface area contributed by atoms with Gasteiger partial charge in [0.15, 0.2) is 0 Å². The SMILES string of the molecule is COC(=O)C1(C)CCC(N2C(=O)c3ccccc3C2=O)CC1. The highest BCUT2D eigenvalue weighted by Gasteiger charge is 2.45. The maximum Gasteiger partial charge on any atom is 0.311 e. The van der Waals surface area contributed by atoms with Gasteiger partial charge in [-0.1, -0.05) is 12.1 Å². The van der Waals surface area contributed by atoms with Gasteiger partial charge in [0.1, 0.15) is 0 Å². The van der Waals surface area contributed by atoms with Gasteiger partial charge in [-0.15, -0.1) is 0 Å². The minimum atomic E-state index is -0.510. The van der Waals surface area contributed by atoms with Crippen LogP contribution in [0.4, 0.5) is 0 Å². The number of methoxy groups -OCH3 is 1. The summed E-state index contributed by atoms with van der Waals surface area (Å²) in [6, 6.07) is 6.78. The van der Waals surface area contributed by atoms with Crippen molar-refractivity contribution in [1.82, 2.24) is 4.90 Å². The summed E-state index contributed by atoms with van der Waals surface area (Å²) < 4.78 is 4.86. The van der Waals surface area contributed by atoms with E-state index in [1.165, 1.54) is 12.0 Å². The summed E-state index contributed by atoms with van der Waals surface area (Å²) in [6.07, 6.45) is 2.52. The lowest BCUT2D eigenvalue weighted by molar-refractivity contribution is -0.154. The van der Waals surface area contributed by atoms with Crippen LogP contribution < -0.4 is 0 Å². The van der Waals surface area contributed by atoms with Crippen LogP contribution in [-0.4, -0.2) is 35.8 Å². The topological polar surface area (TPSA) is 63.7 Å². The summed E-state index contributed by atoms with van der Waals surface area (Å²) in [7, 11) is 1.39. The number of rotatable bonds is 2. The fourth-order valence-corrected chi connectivity index (χ4v) is 3.49. The van der Waals surface area contributed by atoms with Crippen molar-refractivity contribution in [2.24, 2.45) is 5.41 Å². The fourth-order valence-electron chi connectivity index (χ4n) is 3.49. The van der Waals surface area contributed by atoms with Crippen molar-refractivity contribution in [3.8, 4) is 0 Å². The third-order valence-electron chi connectivity index (χ3n) is 4.93. The first-order chi connectivity index (χ1) is 10.5. The molecule has 1 aromatic carbocycles. The average Bonchev–Trinajstić information content (AvgIpc) is 2.80. The predicted molar refractivity (Wildman–Crippen MR) is 79.3 cm³/mol. The van der Waals surface area contributed by atoms with E-state index in [0.29, 0.717) is 36.8 Å². The molecule has 0 N–H and O–H groups in total. The van der Waals surface area contributed by atoms with Gasteiger partial charge in [0.05, 0.1) is 23.7 Å². The molecule has 0 saturated heterocycles. The minimum Gasteiger partial charge on any atom is -0.469 e. The number of imide groups is 1. The number of hydrogen-bond acceptors (Lipinski definition) is 4. The molecule has 0 atom stereocenters. The Morgan fingerprint density at radius 1 is 1.14 bits per heavy atom. The highest BCUT2D eigenvalue weighted by Crippen LogP contribution is 2.40. The number of carbonyl (C=O) groups is 3. The number of nitrogens with zero attached hydrogens (tertiary/aromatic N) is 1. The van der Waals surface area contributed by atoms with Gasteiger partial charge in [-0.05, 0) is 44.7 Å². The first-order valence-corrected chi connectivity index (χ1v) is 7.53. The number of carbonyl (C=O) groups excluding carboxylic acids is 3. The van der Waals surface area contributed by atoms with Crippen LogP contribution in [-0.2, 0) is 9.53 Å². The van der Waals surface area contributed by atoms with E-state index in [-0.39, 0.29) is 23.8 Å². The van der Waals surface area contributed by atoms with Crippen LogP contribution in [0, 0.1) is 5.41 Å². The minimum absolute atomic E-state index is 0.134. The second kappa shape index (κ2) is 5.23. The predicted octanol–water partition coefficient (Wildman–Crippen LogP) is 2.40. The highest BCUT2D eigenvalue weighted by molar-refractivity contribution is 6.21. The molecule has 1 fully saturated rings. The molecule has 2 aliphatic rings. The van der Waals surface area contributed by atoms with Crippen LogP contribution in [0.2, 0.25) is 0 Å². The number of amides is 2. The number of benzene rings is 1. The molecule has 0 radical (unpaired) electrons. The maximum absolute atomic E-state index is 12.5. The van der Waals surface area contributed by atoms with Gasteiger partial charge < -0.3 is 4.74 Å². The van der Waals surface area contributed by atoms with Crippen LogP contribution in [0.25, 0.3) is 0 Å². The largest absolute Gasteiger partial charge is 0.469 e. The lowest BCUT2D eigenvalue weighted by atomic mass is 9.73. The maximum atomic E-state index is 12.5. The second-order valence-corrected chi connectivity index (χ2v) is 6.31. The Hall–Kier alpha value is -2.17. The molecule has 0 spiro atoms. The molecule has 22 heavy (non-hydrogen) atoms. The molecular weight excluding hydrogens is 282 g/mol. The number of ether oxygens (including phenoxy) is 1. The second-order valence-electron chi connectivity index (χ2n) is 6.31. The number of esters is 1. The van der Waals surface area contributed by atoms with Crippen molar-refractivity contribution in [3.63, 3.8) is 0 Å². The molecular formula is C17H19NO4. The van der Waals surface area contributed by atoms with E-state index in [4.69, 9.17) is 4.74 Å². The molecule has 116 valence electrons. The third kappa shape index (κ3) is 2.12. The zero-order valence-electron chi connectivity index (χ0n) is 12.8. The van der Waals surface area contributed by atoms with Gasteiger partial charge in [-0.2, -0.15) is 0 Å². The number of fused-ring (bicyclic) bond motifs is 1. The third-order valence-corrected chi connectivity index (χ3v) is 4.93. The molecule has 0 unspecified atom stereocenters. The summed E-state index contributed by atoms with van der Waals surface area (Å²) in [6.45, 7) is 1.89. The first-order valence-electron chi connectivity index (χ1n) is 7.53. The van der Waals surface area contributed by atoms with Crippen LogP contribution in [0.15, 0.2) is 24.3 Å². The Balaban J connectivity index is 1.77. The zero-order valence-corrected chi connectivity index (χ0v) is 12.8. The van der Waals surface area contributed by atoms with Crippen LogP contribution in [0.1, 0.15) is 53.3 Å². The summed E-state index contributed by atoms with van der Waals surface area (Å²) in [5.41, 5.74) is 0.451. The molecule has 1 aromatic rings. The fraction of sp³-hybridized carbons (Fsp3) is 0.471. The molecule has 1 aliphatic heterocycles. The normalized spacial score (nSPS) is 27.7. The van der Waals surface area contributed by atoms with Gasteiger partial charge in [0, 0.05) is 6.04 Å². The lowest BCUT2D eigenvalue weighted by Crippen LogP contribution is -2.45. The monoisotopic (exact) mass is 301 g/mol. The van der Waals surface area contributed by atoms with Gasteiger partial charge in [0.25, 0.3) is 11.8 Å². The Morgan fingerprint density at radius 3 is 2.09 bits per heavy atom. The molecule has 1 saturated carbocycles. The van der Waals surface area contributed by atoms with E-state index in [2.05, 4.69) is 0 Å². The van der Waals surface area contributed by atoms with Crippen molar-refractivity contribution in [1.29, 1.82) is 0 Å². The molecule has 5 heteroatoms. The van der Waals surface area contributed by atoms with Crippen molar-refractivity contribution < 1.29 is 19.1 Å². The van der Waals surface area contributed by atoms with Gasteiger partial charge >= 0.3 is 5.97 Å². The molecule has 2 amide bonds. The lowest BCUT2D eigenvalue weighted by Gasteiger charge is -2.37. The van der Waals surface area contributed by atoms with E-state index < -0.39 is 5.41 Å². The molecule has 1 heterocycles. The molecule has 3 rings (SSSR count). The summed E-state index contributed by atoms with van der Waals surface area (Å²) in [5.74, 6) is -0.646. The standard InChI is InChI=1S/C17H19NO4/c1-17(16(21)22-2)9-7-11(8-10-17)18-14(19)12-5-3-4-6-13(12)15(18)20/h3-6,11H,7-10H2,1-2H3. The Bertz CT molecular complexity index is 609.